The van der Waals surface area contributed by atoms with Crippen molar-refractivity contribution in [1.82, 2.24) is 0 Å². The summed E-state index contributed by atoms with van der Waals surface area (Å²) in [5, 5.41) is 1.85. The van der Waals surface area contributed by atoms with Crippen LogP contribution in [-0.2, 0) is 11.3 Å². The van der Waals surface area contributed by atoms with Gasteiger partial charge in [-0.2, -0.15) is 0 Å². The van der Waals surface area contributed by atoms with Crippen molar-refractivity contribution >= 4 is 11.3 Å². The minimum atomic E-state index is -2.42. The molecule has 0 bridgehead atoms. The molecule has 1 aromatic heterocycles. The lowest BCUT2D eigenvalue weighted by Crippen LogP contribution is -2.03. The maximum Gasteiger partial charge on any atom is 0.261 e. The molecular weight excluding hydrogens is 220 g/mol. The summed E-state index contributed by atoms with van der Waals surface area (Å²) in [6.07, 6.45) is -2.42. The van der Waals surface area contributed by atoms with Crippen molar-refractivity contribution in [3.8, 4) is 11.8 Å². The van der Waals surface area contributed by atoms with E-state index in [1.807, 2.05) is 11.4 Å². The molecule has 1 heterocycles. The molecule has 15 heavy (non-hydrogen) atoms. The number of nitrogens with two attached hydrogens (primary N) is 1. The Balaban J connectivity index is 2.39. The molecule has 0 amide bonds. The van der Waals surface area contributed by atoms with E-state index in [-0.39, 0.29) is 6.61 Å². The summed E-state index contributed by atoms with van der Waals surface area (Å²) in [5.41, 5.74) is 6.07. The molecule has 0 radical (unpaired) electrons. The molecule has 82 valence electrons. The molecule has 0 fully saturated rings. The molecule has 5 heteroatoms. The van der Waals surface area contributed by atoms with Gasteiger partial charge in [0, 0.05) is 15.8 Å². The second-order valence-corrected chi connectivity index (χ2v) is 3.71. The normalized spacial score (nSPS) is 10.1. The zero-order valence-corrected chi connectivity index (χ0v) is 8.82. The van der Waals surface area contributed by atoms with Crippen molar-refractivity contribution in [1.29, 1.82) is 0 Å². The zero-order valence-electron chi connectivity index (χ0n) is 8.00. The van der Waals surface area contributed by atoms with Crippen molar-refractivity contribution in [2.75, 3.05) is 13.2 Å². The van der Waals surface area contributed by atoms with E-state index in [9.17, 15) is 8.78 Å². The fraction of sp³-hybridized carbons (Fsp3) is 0.400. The van der Waals surface area contributed by atoms with Crippen molar-refractivity contribution in [3.05, 3.63) is 21.9 Å². The highest BCUT2D eigenvalue weighted by atomic mass is 32.1. The lowest BCUT2D eigenvalue weighted by Gasteiger charge is -1.99. The summed E-state index contributed by atoms with van der Waals surface area (Å²) in [7, 11) is 0. The van der Waals surface area contributed by atoms with E-state index in [1.165, 1.54) is 11.3 Å². The van der Waals surface area contributed by atoms with E-state index in [2.05, 4.69) is 11.8 Å². The van der Waals surface area contributed by atoms with E-state index >= 15 is 0 Å². The van der Waals surface area contributed by atoms with Gasteiger partial charge in [0.05, 0.1) is 13.2 Å². The predicted molar refractivity (Wildman–Crippen MR) is 55.9 cm³/mol. The van der Waals surface area contributed by atoms with Crippen LogP contribution in [0.15, 0.2) is 11.4 Å². The first-order valence-corrected chi connectivity index (χ1v) is 5.22. The molecule has 1 aromatic rings. The van der Waals surface area contributed by atoms with Gasteiger partial charge in [-0.3, -0.25) is 0 Å². The molecule has 0 aliphatic heterocycles. The van der Waals surface area contributed by atoms with Gasteiger partial charge in [0.15, 0.2) is 0 Å². The Morgan fingerprint density at radius 2 is 2.33 bits per heavy atom. The third kappa shape index (κ3) is 4.88. The van der Waals surface area contributed by atoms with Gasteiger partial charge < -0.3 is 10.5 Å². The Bertz CT molecular complexity index is 354. The first-order valence-electron chi connectivity index (χ1n) is 4.34. The molecule has 1 rings (SSSR count). The van der Waals surface area contributed by atoms with Crippen LogP contribution in [0.2, 0.25) is 0 Å². The second kappa shape index (κ2) is 6.51. The Hall–Kier alpha value is -0.960. The van der Waals surface area contributed by atoms with Crippen molar-refractivity contribution in [2.45, 2.75) is 13.0 Å². The molecule has 0 aliphatic rings. The van der Waals surface area contributed by atoms with E-state index in [4.69, 9.17) is 10.5 Å². The van der Waals surface area contributed by atoms with Crippen LogP contribution in [0.3, 0.4) is 0 Å². The summed E-state index contributed by atoms with van der Waals surface area (Å²) >= 11 is 1.44. The molecular formula is C10H11F2NOS. The van der Waals surface area contributed by atoms with E-state index in [0.717, 1.165) is 10.4 Å². The molecule has 2 nitrogen and oxygen atoms in total. The van der Waals surface area contributed by atoms with Crippen molar-refractivity contribution in [3.63, 3.8) is 0 Å². The number of hydrogen-bond acceptors (Lipinski definition) is 3. The average molecular weight is 231 g/mol. The average Bonchev–Trinajstić information content (AvgIpc) is 2.62. The van der Waals surface area contributed by atoms with Crippen LogP contribution in [-0.4, -0.2) is 19.6 Å². The van der Waals surface area contributed by atoms with Crippen LogP contribution in [0, 0.1) is 11.8 Å². The summed E-state index contributed by atoms with van der Waals surface area (Å²) in [6, 6.07) is 1.82. The summed E-state index contributed by atoms with van der Waals surface area (Å²) in [6.45, 7) is -0.00587. The van der Waals surface area contributed by atoms with Crippen molar-refractivity contribution in [2.24, 2.45) is 5.73 Å². The molecule has 0 unspecified atom stereocenters. The Kier molecular flexibility index (Phi) is 5.26. The van der Waals surface area contributed by atoms with Crippen LogP contribution in [0.4, 0.5) is 8.78 Å². The van der Waals surface area contributed by atoms with Crippen LogP contribution < -0.4 is 5.73 Å². The van der Waals surface area contributed by atoms with E-state index in [1.54, 1.807) is 0 Å². The van der Waals surface area contributed by atoms with Crippen molar-refractivity contribution < 1.29 is 13.5 Å². The molecule has 2 N–H and O–H groups in total. The van der Waals surface area contributed by atoms with Crippen LogP contribution in [0.5, 0.6) is 0 Å². The third-order valence-corrected chi connectivity index (χ3v) is 2.39. The lowest BCUT2D eigenvalue weighted by molar-refractivity contribution is 0.0108. The number of ether oxygens (including phenoxy) is 1. The highest BCUT2D eigenvalue weighted by molar-refractivity contribution is 7.10. The molecule has 0 saturated heterocycles. The van der Waals surface area contributed by atoms with Gasteiger partial charge in [0.25, 0.3) is 6.43 Å². The van der Waals surface area contributed by atoms with Crippen LogP contribution >= 0.6 is 11.3 Å². The minimum Gasteiger partial charge on any atom is -0.370 e. The van der Waals surface area contributed by atoms with Gasteiger partial charge in [-0.05, 0) is 6.07 Å². The fourth-order valence-corrected chi connectivity index (χ4v) is 1.68. The van der Waals surface area contributed by atoms with Gasteiger partial charge >= 0.3 is 0 Å². The summed E-state index contributed by atoms with van der Waals surface area (Å²) in [5.74, 6) is 5.57. The number of hydrogen-bond donors (Lipinski definition) is 1. The number of halogens is 2. The fourth-order valence-electron chi connectivity index (χ4n) is 0.924. The molecule has 0 atom stereocenters. The van der Waals surface area contributed by atoms with Crippen LogP contribution in [0.25, 0.3) is 0 Å². The highest BCUT2D eigenvalue weighted by Crippen LogP contribution is 2.15. The number of alkyl halides is 2. The summed E-state index contributed by atoms with van der Waals surface area (Å²) < 4.78 is 28.3. The maximum absolute atomic E-state index is 11.8. The molecule has 0 aliphatic carbocycles. The lowest BCUT2D eigenvalue weighted by atomic mass is 10.3. The molecule has 0 saturated carbocycles. The Morgan fingerprint density at radius 1 is 1.53 bits per heavy atom. The third-order valence-electron chi connectivity index (χ3n) is 1.48. The Labute approximate surface area is 91.0 Å². The SMILES string of the molecule is NCC#Cc1csc(COCC(F)F)c1. The summed E-state index contributed by atoms with van der Waals surface area (Å²) in [4.78, 5) is 0.886. The minimum absolute atomic E-state index is 0.208. The molecule has 0 spiro atoms. The first kappa shape index (κ1) is 12.1. The first-order chi connectivity index (χ1) is 7.22. The Morgan fingerprint density at radius 3 is 3.00 bits per heavy atom. The van der Waals surface area contributed by atoms with Gasteiger partial charge in [-0.15, -0.1) is 11.3 Å². The highest BCUT2D eigenvalue weighted by Gasteiger charge is 2.03. The number of thiophene rings is 1. The van der Waals surface area contributed by atoms with Gasteiger partial charge in [0.2, 0.25) is 0 Å². The zero-order chi connectivity index (χ0) is 11.1. The van der Waals surface area contributed by atoms with E-state index < -0.39 is 13.0 Å². The quantitative estimate of drug-likeness (QED) is 0.802. The topological polar surface area (TPSA) is 35.2 Å². The van der Waals surface area contributed by atoms with E-state index in [0.29, 0.717) is 6.54 Å². The van der Waals surface area contributed by atoms with Gasteiger partial charge in [-0.25, -0.2) is 8.78 Å². The van der Waals surface area contributed by atoms with Gasteiger partial charge in [-0.1, -0.05) is 11.8 Å². The standard InChI is InChI=1S/C10H11F2NOS/c11-10(12)6-14-5-9-4-8(7-15-9)2-1-3-13/h4,7,10H,3,5-6,13H2. The monoisotopic (exact) mass is 231 g/mol. The molecule has 0 aromatic carbocycles. The smallest absolute Gasteiger partial charge is 0.261 e. The van der Waals surface area contributed by atoms with Gasteiger partial charge in [0.1, 0.15) is 6.61 Å². The number of rotatable bonds is 4. The largest absolute Gasteiger partial charge is 0.370 e. The predicted octanol–water partition coefficient (Wildman–Crippen LogP) is 1.84. The van der Waals surface area contributed by atoms with Crippen LogP contribution in [0.1, 0.15) is 10.4 Å². The maximum atomic E-state index is 11.8. The second-order valence-electron chi connectivity index (χ2n) is 2.71.